The highest BCUT2D eigenvalue weighted by Crippen LogP contribution is 2.19. The predicted octanol–water partition coefficient (Wildman–Crippen LogP) is 2.33. The lowest BCUT2D eigenvalue weighted by Crippen LogP contribution is -2.26. The van der Waals surface area contributed by atoms with Crippen LogP contribution in [0, 0.1) is 0 Å². The van der Waals surface area contributed by atoms with Gasteiger partial charge in [-0.15, -0.1) is 0 Å². The van der Waals surface area contributed by atoms with E-state index in [2.05, 4.69) is 5.32 Å². The summed E-state index contributed by atoms with van der Waals surface area (Å²) in [5, 5.41) is 2.58. The molecule has 120 valence electrons. The molecule has 0 aliphatic heterocycles. The van der Waals surface area contributed by atoms with Crippen LogP contribution in [0.1, 0.15) is 26.3 Å². The second-order valence-corrected chi connectivity index (χ2v) is 5.14. The zero-order valence-corrected chi connectivity index (χ0v) is 13.5. The zero-order chi connectivity index (χ0) is 16.8. The van der Waals surface area contributed by atoms with Crippen molar-refractivity contribution in [3.63, 3.8) is 0 Å². The SMILES string of the molecule is CNC(=O)c1ccc(CN(C)C(=O)c2ccccc2OC)cc1. The molecule has 2 aromatic rings. The molecule has 0 bridgehead atoms. The van der Waals surface area contributed by atoms with Crippen LogP contribution in [0.2, 0.25) is 0 Å². The molecule has 2 aromatic carbocycles. The number of amides is 2. The van der Waals surface area contributed by atoms with E-state index in [0.717, 1.165) is 5.56 Å². The quantitative estimate of drug-likeness (QED) is 0.922. The molecule has 1 N–H and O–H groups in total. The normalized spacial score (nSPS) is 10.0. The fourth-order valence-electron chi connectivity index (χ4n) is 2.28. The third-order valence-electron chi connectivity index (χ3n) is 3.55. The summed E-state index contributed by atoms with van der Waals surface area (Å²) in [6.45, 7) is 0.449. The summed E-state index contributed by atoms with van der Waals surface area (Å²) in [5.74, 6) is 0.312. The molecule has 0 atom stereocenters. The topological polar surface area (TPSA) is 58.6 Å². The molecule has 2 amide bonds. The first-order chi connectivity index (χ1) is 11.1. The monoisotopic (exact) mass is 312 g/mol. The van der Waals surface area contributed by atoms with Crippen LogP contribution < -0.4 is 10.1 Å². The molecule has 0 aliphatic carbocycles. The lowest BCUT2D eigenvalue weighted by atomic mass is 10.1. The van der Waals surface area contributed by atoms with Gasteiger partial charge in [0.25, 0.3) is 11.8 Å². The van der Waals surface area contributed by atoms with Crippen LogP contribution in [-0.2, 0) is 6.54 Å². The van der Waals surface area contributed by atoms with Gasteiger partial charge in [0.15, 0.2) is 0 Å². The van der Waals surface area contributed by atoms with E-state index >= 15 is 0 Å². The van der Waals surface area contributed by atoms with Crippen molar-refractivity contribution in [1.82, 2.24) is 10.2 Å². The number of carbonyl (C=O) groups excluding carboxylic acids is 2. The summed E-state index contributed by atoms with van der Waals surface area (Å²) < 4.78 is 5.23. The average molecular weight is 312 g/mol. The van der Waals surface area contributed by atoms with Crippen LogP contribution in [0.15, 0.2) is 48.5 Å². The van der Waals surface area contributed by atoms with E-state index in [1.165, 1.54) is 0 Å². The Morgan fingerprint density at radius 2 is 1.74 bits per heavy atom. The van der Waals surface area contributed by atoms with E-state index in [1.807, 2.05) is 24.3 Å². The summed E-state index contributed by atoms with van der Waals surface area (Å²) in [7, 11) is 4.88. The molecule has 5 nitrogen and oxygen atoms in total. The highest BCUT2D eigenvalue weighted by atomic mass is 16.5. The molecule has 0 aromatic heterocycles. The van der Waals surface area contributed by atoms with E-state index < -0.39 is 0 Å². The number of methoxy groups -OCH3 is 1. The lowest BCUT2D eigenvalue weighted by Gasteiger charge is -2.19. The van der Waals surface area contributed by atoms with Crippen LogP contribution in [0.4, 0.5) is 0 Å². The number of rotatable bonds is 5. The second-order valence-electron chi connectivity index (χ2n) is 5.14. The molecule has 23 heavy (non-hydrogen) atoms. The van der Waals surface area contributed by atoms with Crippen molar-refractivity contribution < 1.29 is 14.3 Å². The van der Waals surface area contributed by atoms with Gasteiger partial charge in [-0.25, -0.2) is 0 Å². The number of hydrogen-bond acceptors (Lipinski definition) is 3. The van der Waals surface area contributed by atoms with E-state index in [1.54, 1.807) is 50.4 Å². The molecule has 0 saturated carbocycles. The number of nitrogens with zero attached hydrogens (tertiary/aromatic N) is 1. The molecule has 0 radical (unpaired) electrons. The molecule has 0 saturated heterocycles. The van der Waals surface area contributed by atoms with Crippen LogP contribution >= 0.6 is 0 Å². The van der Waals surface area contributed by atoms with Crippen molar-refractivity contribution in [2.24, 2.45) is 0 Å². The summed E-state index contributed by atoms with van der Waals surface area (Å²) >= 11 is 0. The Morgan fingerprint density at radius 3 is 2.35 bits per heavy atom. The Balaban J connectivity index is 2.10. The van der Waals surface area contributed by atoms with Gasteiger partial charge < -0.3 is 15.0 Å². The van der Waals surface area contributed by atoms with Crippen molar-refractivity contribution in [3.8, 4) is 5.75 Å². The average Bonchev–Trinajstić information content (AvgIpc) is 2.60. The fraction of sp³-hybridized carbons (Fsp3) is 0.222. The van der Waals surface area contributed by atoms with Crippen LogP contribution in [0.5, 0.6) is 5.75 Å². The lowest BCUT2D eigenvalue weighted by molar-refractivity contribution is 0.0781. The molecule has 0 fully saturated rings. The van der Waals surface area contributed by atoms with Gasteiger partial charge in [0.2, 0.25) is 0 Å². The first-order valence-corrected chi connectivity index (χ1v) is 7.26. The predicted molar refractivity (Wildman–Crippen MR) is 88.6 cm³/mol. The maximum absolute atomic E-state index is 12.5. The van der Waals surface area contributed by atoms with Gasteiger partial charge in [-0.05, 0) is 29.8 Å². The Morgan fingerprint density at radius 1 is 1.09 bits per heavy atom. The van der Waals surface area contributed by atoms with Gasteiger partial charge in [0.05, 0.1) is 12.7 Å². The maximum atomic E-state index is 12.5. The summed E-state index contributed by atoms with van der Waals surface area (Å²) in [5.41, 5.74) is 2.07. The van der Waals surface area contributed by atoms with Gasteiger partial charge in [-0.2, -0.15) is 0 Å². The minimum Gasteiger partial charge on any atom is -0.496 e. The molecule has 5 heteroatoms. The summed E-state index contributed by atoms with van der Waals surface area (Å²) in [6, 6.07) is 14.3. The third-order valence-corrected chi connectivity index (χ3v) is 3.55. The number of para-hydroxylation sites is 1. The number of benzene rings is 2. The standard InChI is InChI=1S/C18H20N2O3/c1-19-17(21)14-10-8-13(9-11-14)12-20(2)18(22)15-6-4-5-7-16(15)23-3/h4-11H,12H2,1-3H3,(H,19,21). The van der Waals surface area contributed by atoms with Gasteiger partial charge in [0.1, 0.15) is 5.75 Å². The molecule has 0 aliphatic rings. The number of nitrogens with one attached hydrogen (secondary N) is 1. The molecule has 0 unspecified atom stereocenters. The molecule has 0 heterocycles. The Hall–Kier alpha value is -2.82. The molecular formula is C18H20N2O3. The minimum absolute atomic E-state index is 0.113. The Labute approximate surface area is 135 Å². The minimum atomic E-state index is -0.130. The van der Waals surface area contributed by atoms with E-state index in [4.69, 9.17) is 4.74 Å². The van der Waals surface area contributed by atoms with Gasteiger partial charge >= 0.3 is 0 Å². The molecule has 2 rings (SSSR count). The zero-order valence-electron chi connectivity index (χ0n) is 13.5. The highest BCUT2D eigenvalue weighted by Gasteiger charge is 2.16. The van der Waals surface area contributed by atoms with Gasteiger partial charge in [-0.3, -0.25) is 9.59 Å². The number of carbonyl (C=O) groups is 2. The van der Waals surface area contributed by atoms with Gasteiger partial charge in [0, 0.05) is 26.2 Å². The van der Waals surface area contributed by atoms with E-state index in [9.17, 15) is 9.59 Å². The first kappa shape index (κ1) is 16.5. The Bertz CT molecular complexity index is 696. The maximum Gasteiger partial charge on any atom is 0.257 e. The smallest absolute Gasteiger partial charge is 0.257 e. The number of hydrogen-bond donors (Lipinski definition) is 1. The number of ether oxygens (including phenoxy) is 1. The van der Waals surface area contributed by atoms with E-state index in [0.29, 0.717) is 23.4 Å². The summed E-state index contributed by atoms with van der Waals surface area (Å²) in [4.78, 5) is 25.7. The Kier molecular flexibility index (Phi) is 5.36. The van der Waals surface area contributed by atoms with Crippen molar-refractivity contribution in [2.75, 3.05) is 21.2 Å². The van der Waals surface area contributed by atoms with Crippen molar-refractivity contribution in [1.29, 1.82) is 0 Å². The molecular weight excluding hydrogens is 292 g/mol. The fourth-order valence-corrected chi connectivity index (χ4v) is 2.28. The second kappa shape index (κ2) is 7.45. The van der Waals surface area contributed by atoms with Gasteiger partial charge in [-0.1, -0.05) is 24.3 Å². The van der Waals surface area contributed by atoms with Crippen LogP contribution in [0.3, 0.4) is 0 Å². The van der Waals surface area contributed by atoms with Crippen molar-refractivity contribution in [3.05, 3.63) is 65.2 Å². The third kappa shape index (κ3) is 3.88. The molecule has 0 spiro atoms. The van der Waals surface area contributed by atoms with E-state index in [-0.39, 0.29) is 11.8 Å². The largest absolute Gasteiger partial charge is 0.496 e. The first-order valence-electron chi connectivity index (χ1n) is 7.26. The summed E-state index contributed by atoms with van der Waals surface area (Å²) in [6.07, 6.45) is 0. The highest BCUT2D eigenvalue weighted by molar-refractivity contribution is 5.96. The van der Waals surface area contributed by atoms with Crippen molar-refractivity contribution in [2.45, 2.75) is 6.54 Å². The van der Waals surface area contributed by atoms with Crippen LogP contribution in [0.25, 0.3) is 0 Å². The van der Waals surface area contributed by atoms with Crippen LogP contribution in [-0.4, -0.2) is 37.9 Å². The van der Waals surface area contributed by atoms with Crippen molar-refractivity contribution >= 4 is 11.8 Å².